The minimum Gasteiger partial charge on any atom is -0.461 e. The SMILES string of the molecule is CC(C(=O)OC1C2CCC(C2)C1C)C(=O)OC1C2CCC(C2)C1C. The molecule has 8 unspecified atom stereocenters. The molecule has 4 nitrogen and oxygen atoms in total. The summed E-state index contributed by atoms with van der Waals surface area (Å²) in [5.74, 6) is 1.69. The van der Waals surface area contributed by atoms with Gasteiger partial charge in [0.05, 0.1) is 0 Å². The number of rotatable bonds is 4. The molecule has 0 aromatic rings. The zero-order chi connectivity index (χ0) is 17.0. The molecule has 4 bridgehead atoms. The predicted octanol–water partition coefficient (Wildman–Crippen LogP) is 3.58. The lowest BCUT2D eigenvalue weighted by Crippen LogP contribution is -2.38. The number of hydrogen-bond donors (Lipinski definition) is 0. The van der Waals surface area contributed by atoms with E-state index in [0.29, 0.717) is 35.5 Å². The quantitative estimate of drug-likeness (QED) is 0.582. The van der Waals surface area contributed by atoms with Crippen LogP contribution in [-0.2, 0) is 19.1 Å². The summed E-state index contributed by atoms with van der Waals surface area (Å²) in [6, 6.07) is 0. The molecule has 0 spiro atoms. The van der Waals surface area contributed by atoms with Crippen LogP contribution in [0.15, 0.2) is 0 Å². The van der Waals surface area contributed by atoms with Gasteiger partial charge >= 0.3 is 11.9 Å². The zero-order valence-electron chi connectivity index (χ0n) is 15.1. The molecule has 4 aliphatic carbocycles. The van der Waals surface area contributed by atoms with E-state index in [-0.39, 0.29) is 24.1 Å². The van der Waals surface area contributed by atoms with Crippen LogP contribution in [0.4, 0.5) is 0 Å². The smallest absolute Gasteiger partial charge is 0.320 e. The second-order valence-electron chi connectivity index (χ2n) is 8.91. The molecule has 0 amide bonds. The summed E-state index contributed by atoms with van der Waals surface area (Å²) in [5.41, 5.74) is 0. The Labute approximate surface area is 144 Å². The average molecular weight is 334 g/mol. The van der Waals surface area contributed by atoms with Crippen LogP contribution in [-0.4, -0.2) is 24.1 Å². The van der Waals surface area contributed by atoms with E-state index < -0.39 is 5.92 Å². The number of ether oxygens (including phenoxy) is 2. The molecule has 4 heteroatoms. The first kappa shape index (κ1) is 16.4. The molecule has 4 saturated carbocycles. The molecule has 4 rings (SSSR count). The highest BCUT2D eigenvalue weighted by Gasteiger charge is 2.49. The van der Waals surface area contributed by atoms with Gasteiger partial charge in [-0.1, -0.05) is 13.8 Å². The van der Waals surface area contributed by atoms with Gasteiger partial charge in [-0.2, -0.15) is 0 Å². The van der Waals surface area contributed by atoms with Crippen molar-refractivity contribution in [2.75, 3.05) is 0 Å². The molecule has 0 N–H and O–H groups in total. The molecular formula is C20H30O4. The van der Waals surface area contributed by atoms with Crippen molar-refractivity contribution in [3.8, 4) is 0 Å². The average Bonchev–Trinajstić information content (AvgIpc) is 3.32. The zero-order valence-corrected chi connectivity index (χ0v) is 15.1. The van der Waals surface area contributed by atoms with E-state index in [1.165, 1.54) is 25.7 Å². The summed E-state index contributed by atoms with van der Waals surface area (Å²) in [6.45, 7) is 6.00. The van der Waals surface area contributed by atoms with Crippen LogP contribution in [0.25, 0.3) is 0 Å². The lowest BCUT2D eigenvalue weighted by atomic mass is 9.87. The van der Waals surface area contributed by atoms with Crippen molar-refractivity contribution < 1.29 is 19.1 Å². The second kappa shape index (κ2) is 6.03. The van der Waals surface area contributed by atoms with Crippen LogP contribution in [0.1, 0.15) is 59.3 Å². The van der Waals surface area contributed by atoms with Crippen molar-refractivity contribution in [2.24, 2.45) is 41.4 Å². The van der Waals surface area contributed by atoms with E-state index in [2.05, 4.69) is 13.8 Å². The van der Waals surface area contributed by atoms with Gasteiger partial charge in [0.2, 0.25) is 0 Å². The highest BCUT2D eigenvalue weighted by atomic mass is 16.6. The summed E-state index contributed by atoms with van der Waals surface area (Å²) in [6.07, 6.45) is 7.23. The third-order valence-electron chi connectivity index (χ3n) is 7.69. The van der Waals surface area contributed by atoms with E-state index in [0.717, 1.165) is 12.8 Å². The minimum atomic E-state index is -0.803. The van der Waals surface area contributed by atoms with E-state index in [4.69, 9.17) is 9.47 Å². The molecule has 0 saturated heterocycles. The van der Waals surface area contributed by atoms with Gasteiger partial charge in [-0.05, 0) is 81.0 Å². The van der Waals surface area contributed by atoms with Gasteiger partial charge in [0.25, 0.3) is 0 Å². The van der Waals surface area contributed by atoms with E-state index in [1.807, 2.05) is 0 Å². The maximum atomic E-state index is 12.5. The van der Waals surface area contributed by atoms with Crippen LogP contribution in [0.3, 0.4) is 0 Å². The molecule has 4 fully saturated rings. The standard InChI is InChI=1S/C20H30O4/c1-10-13-4-6-15(8-13)17(10)23-19(21)12(3)20(22)24-18-11(2)14-5-7-16(18)9-14/h10-18H,4-9H2,1-3H3. The van der Waals surface area contributed by atoms with Crippen molar-refractivity contribution >= 4 is 11.9 Å². The fourth-order valence-corrected chi connectivity index (χ4v) is 6.03. The number of carbonyl (C=O) groups excluding carboxylic acids is 2. The van der Waals surface area contributed by atoms with Gasteiger partial charge in [-0.3, -0.25) is 9.59 Å². The topological polar surface area (TPSA) is 52.6 Å². The third-order valence-corrected chi connectivity index (χ3v) is 7.69. The largest absolute Gasteiger partial charge is 0.461 e. The van der Waals surface area contributed by atoms with Crippen molar-refractivity contribution in [3.63, 3.8) is 0 Å². The molecule has 0 aliphatic heterocycles. The Hall–Kier alpha value is -1.06. The third kappa shape index (κ3) is 2.57. The maximum absolute atomic E-state index is 12.5. The first-order valence-corrected chi connectivity index (χ1v) is 9.86. The lowest BCUT2D eigenvalue weighted by molar-refractivity contribution is -0.172. The molecule has 0 aromatic carbocycles. The van der Waals surface area contributed by atoms with Gasteiger partial charge in [0.1, 0.15) is 12.2 Å². The van der Waals surface area contributed by atoms with Crippen LogP contribution in [0.5, 0.6) is 0 Å². The molecular weight excluding hydrogens is 304 g/mol. The highest BCUT2D eigenvalue weighted by Crippen LogP contribution is 2.51. The van der Waals surface area contributed by atoms with Crippen molar-refractivity contribution in [1.82, 2.24) is 0 Å². The summed E-state index contributed by atoms with van der Waals surface area (Å²) >= 11 is 0. The number of carbonyl (C=O) groups is 2. The van der Waals surface area contributed by atoms with Gasteiger partial charge < -0.3 is 9.47 Å². The summed E-state index contributed by atoms with van der Waals surface area (Å²) in [5, 5.41) is 0. The molecule has 0 aromatic heterocycles. The van der Waals surface area contributed by atoms with Crippen LogP contribution < -0.4 is 0 Å². The van der Waals surface area contributed by atoms with Gasteiger partial charge in [-0.25, -0.2) is 0 Å². The Kier molecular flexibility index (Phi) is 4.12. The van der Waals surface area contributed by atoms with Crippen molar-refractivity contribution in [1.29, 1.82) is 0 Å². The van der Waals surface area contributed by atoms with E-state index in [9.17, 15) is 9.59 Å². The monoisotopic (exact) mass is 334 g/mol. The molecule has 4 aliphatic rings. The highest BCUT2D eigenvalue weighted by molar-refractivity contribution is 5.94. The summed E-state index contributed by atoms with van der Waals surface area (Å²) in [4.78, 5) is 24.9. The normalized spacial score (nSPS) is 47.0. The molecule has 0 heterocycles. The van der Waals surface area contributed by atoms with Gasteiger partial charge in [-0.15, -0.1) is 0 Å². The first-order chi connectivity index (χ1) is 11.5. The van der Waals surface area contributed by atoms with Gasteiger partial charge in [0, 0.05) is 0 Å². The Morgan fingerprint density at radius 1 is 0.750 bits per heavy atom. The maximum Gasteiger partial charge on any atom is 0.320 e. The number of fused-ring (bicyclic) bond motifs is 4. The van der Waals surface area contributed by atoms with Crippen molar-refractivity contribution in [3.05, 3.63) is 0 Å². The molecule has 24 heavy (non-hydrogen) atoms. The van der Waals surface area contributed by atoms with Crippen LogP contribution >= 0.6 is 0 Å². The Bertz CT molecular complexity index is 480. The Morgan fingerprint density at radius 2 is 1.12 bits per heavy atom. The van der Waals surface area contributed by atoms with Crippen LogP contribution in [0.2, 0.25) is 0 Å². The lowest BCUT2D eigenvalue weighted by Gasteiger charge is -2.30. The van der Waals surface area contributed by atoms with Crippen LogP contribution in [0, 0.1) is 41.4 Å². The first-order valence-electron chi connectivity index (χ1n) is 9.86. The molecule has 0 radical (unpaired) electrons. The molecule has 134 valence electrons. The molecule has 8 atom stereocenters. The predicted molar refractivity (Wildman–Crippen MR) is 88.9 cm³/mol. The second-order valence-corrected chi connectivity index (χ2v) is 8.91. The van der Waals surface area contributed by atoms with E-state index >= 15 is 0 Å². The Balaban J connectivity index is 1.32. The number of hydrogen-bond acceptors (Lipinski definition) is 4. The van der Waals surface area contributed by atoms with Crippen molar-refractivity contribution in [2.45, 2.75) is 71.5 Å². The van der Waals surface area contributed by atoms with E-state index in [1.54, 1.807) is 6.92 Å². The fraction of sp³-hybridized carbons (Fsp3) is 0.900. The fourth-order valence-electron chi connectivity index (χ4n) is 6.03. The summed E-state index contributed by atoms with van der Waals surface area (Å²) < 4.78 is 11.5. The minimum absolute atomic E-state index is 0.00733. The Morgan fingerprint density at radius 3 is 1.46 bits per heavy atom. The number of esters is 2. The summed E-state index contributed by atoms with van der Waals surface area (Å²) in [7, 11) is 0. The van der Waals surface area contributed by atoms with Gasteiger partial charge in [0.15, 0.2) is 5.92 Å².